The van der Waals surface area contributed by atoms with Crippen molar-refractivity contribution in [2.24, 2.45) is 0 Å². The van der Waals surface area contributed by atoms with Gasteiger partial charge in [-0.2, -0.15) is 0 Å². The number of carbonyl (C=O) groups excluding carboxylic acids is 1. The van der Waals surface area contributed by atoms with Gasteiger partial charge in [0.25, 0.3) is 0 Å². The van der Waals surface area contributed by atoms with Crippen LogP contribution in [0, 0.1) is 12.7 Å². The molecule has 0 aromatic heterocycles. The predicted molar refractivity (Wildman–Crippen MR) is 144 cm³/mol. The lowest BCUT2D eigenvalue weighted by Gasteiger charge is -2.40. The number of carbonyl (C=O) groups is 1. The molecule has 182 valence electrons. The van der Waals surface area contributed by atoms with Crippen LogP contribution in [0.1, 0.15) is 29.5 Å². The van der Waals surface area contributed by atoms with Gasteiger partial charge < -0.3 is 5.32 Å². The number of urea groups is 1. The number of halogens is 1. The van der Waals surface area contributed by atoms with Crippen LogP contribution in [0.3, 0.4) is 0 Å². The first-order chi connectivity index (χ1) is 17.5. The summed E-state index contributed by atoms with van der Waals surface area (Å²) >= 11 is 0. The molecule has 0 unspecified atom stereocenters. The molecule has 0 radical (unpaired) electrons. The van der Waals surface area contributed by atoms with Gasteiger partial charge in [-0.25, -0.2) is 9.18 Å². The topological polar surface area (TPSA) is 35.6 Å². The molecule has 2 amide bonds. The second kappa shape index (κ2) is 9.07. The fraction of sp³-hybridized carbons (Fsp3) is 0.258. The normalized spacial score (nSPS) is 16.9. The monoisotopic (exact) mass is 479 g/mol. The molecule has 1 N–H and O–H groups in total. The number of likely N-dealkylation sites (tertiary alicyclic amines) is 1. The Morgan fingerprint density at radius 2 is 1.67 bits per heavy atom. The number of nitrogens with one attached hydrogen (secondary N) is 1. The van der Waals surface area contributed by atoms with Crippen molar-refractivity contribution in [2.75, 3.05) is 29.9 Å². The van der Waals surface area contributed by atoms with Crippen LogP contribution in [0.5, 0.6) is 0 Å². The van der Waals surface area contributed by atoms with E-state index in [2.05, 4.69) is 71.7 Å². The third-order valence-corrected chi connectivity index (χ3v) is 7.87. The lowest BCUT2D eigenvalue weighted by molar-refractivity contribution is 0.160. The molecule has 1 saturated heterocycles. The average Bonchev–Trinajstić information content (AvgIpc) is 3.20. The van der Waals surface area contributed by atoms with Crippen molar-refractivity contribution >= 4 is 28.2 Å². The Labute approximate surface area is 211 Å². The molecule has 2 aliphatic heterocycles. The van der Waals surface area contributed by atoms with Gasteiger partial charge >= 0.3 is 6.03 Å². The van der Waals surface area contributed by atoms with E-state index in [-0.39, 0.29) is 17.1 Å². The Morgan fingerprint density at radius 1 is 0.917 bits per heavy atom. The highest BCUT2D eigenvalue weighted by Crippen LogP contribution is 2.47. The van der Waals surface area contributed by atoms with Crippen molar-refractivity contribution in [2.45, 2.75) is 31.7 Å². The second-order valence-electron chi connectivity index (χ2n) is 10.3. The summed E-state index contributed by atoms with van der Waals surface area (Å²) in [6.07, 6.45) is 1.97. The third kappa shape index (κ3) is 4.14. The van der Waals surface area contributed by atoms with E-state index in [1.807, 2.05) is 6.07 Å². The molecular weight excluding hydrogens is 449 g/mol. The lowest BCUT2D eigenvalue weighted by Crippen LogP contribution is -2.46. The molecular formula is C31H30FN3O. The smallest absolute Gasteiger partial charge is 0.305 e. The van der Waals surface area contributed by atoms with E-state index >= 15 is 0 Å². The van der Waals surface area contributed by atoms with Crippen molar-refractivity contribution in [3.63, 3.8) is 0 Å². The highest BCUT2D eigenvalue weighted by atomic mass is 19.1. The summed E-state index contributed by atoms with van der Waals surface area (Å²) in [6.45, 7) is 5.60. The molecule has 1 fully saturated rings. The van der Waals surface area contributed by atoms with Crippen molar-refractivity contribution < 1.29 is 9.18 Å². The molecule has 0 atom stereocenters. The zero-order valence-corrected chi connectivity index (χ0v) is 20.5. The fourth-order valence-corrected chi connectivity index (χ4v) is 5.87. The summed E-state index contributed by atoms with van der Waals surface area (Å²) < 4.78 is 14.2. The Morgan fingerprint density at radius 3 is 2.47 bits per heavy atom. The SMILES string of the molecule is Cc1ccc2c(c1)C1(CCN(Cc3ccc4ccccc4c3)CC1)CN2C(=O)Nc1ccccc1F. The Hall–Kier alpha value is -3.70. The number of aryl methyl sites for hydroxylation is 1. The summed E-state index contributed by atoms with van der Waals surface area (Å²) in [7, 11) is 0. The minimum atomic E-state index is -0.425. The van der Waals surface area contributed by atoms with Gasteiger partial charge in [-0.1, -0.05) is 66.2 Å². The van der Waals surface area contributed by atoms with Gasteiger partial charge in [-0.05, 0) is 79.0 Å². The van der Waals surface area contributed by atoms with E-state index in [0.717, 1.165) is 38.2 Å². The van der Waals surface area contributed by atoms with Gasteiger partial charge in [0.05, 0.1) is 5.69 Å². The Bertz CT molecular complexity index is 1440. The number of piperidine rings is 1. The van der Waals surface area contributed by atoms with Crippen LogP contribution in [-0.4, -0.2) is 30.6 Å². The first kappa shape index (κ1) is 22.7. The molecule has 36 heavy (non-hydrogen) atoms. The van der Waals surface area contributed by atoms with Crippen LogP contribution in [0.15, 0.2) is 84.9 Å². The van der Waals surface area contributed by atoms with E-state index in [9.17, 15) is 9.18 Å². The highest BCUT2D eigenvalue weighted by Gasteiger charge is 2.46. The second-order valence-corrected chi connectivity index (χ2v) is 10.3. The summed E-state index contributed by atoms with van der Waals surface area (Å²) in [5, 5.41) is 5.33. The number of hydrogen-bond acceptors (Lipinski definition) is 2. The molecule has 5 heteroatoms. The molecule has 4 aromatic rings. The number of amides is 2. The number of hydrogen-bond donors (Lipinski definition) is 1. The molecule has 2 heterocycles. The van der Waals surface area contributed by atoms with Gasteiger partial charge in [-0.3, -0.25) is 9.80 Å². The fourth-order valence-electron chi connectivity index (χ4n) is 5.87. The highest BCUT2D eigenvalue weighted by molar-refractivity contribution is 6.03. The number of benzene rings is 4. The van der Waals surface area contributed by atoms with Crippen molar-refractivity contribution in [3.05, 3.63) is 107 Å². The third-order valence-electron chi connectivity index (χ3n) is 7.87. The Kier molecular flexibility index (Phi) is 5.73. The maximum atomic E-state index is 14.2. The van der Waals surface area contributed by atoms with Crippen LogP contribution < -0.4 is 10.2 Å². The number of anilines is 2. The zero-order chi connectivity index (χ0) is 24.7. The van der Waals surface area contributed by atoms with Crippen molar-refractivity contribution in [1.29, 1.82) is 0 Å². The van der Waals surface area contributed by atoms with Gasteiger partial charge in [0.2, 0.25) is 0 Å². The summed E-state index contributed by atoms with van der Waals surface area (Å²) in [6, 6.07) is 27.6. The van der Waals surface area contributed by atoms with Gasteiger partial charge in [-0.15, -0.1) is 0 Å². The molecule has 0 aliphatic carbocycles. The van der Waals surface area contributed by atoms with Crippen LogP contribution >= 0.6 is 0 Å². The summed E-state index contributed by atoms with van der Waals surface area (Å²) in [5.74, 6) is -0.425. The van der Waals surface area contributed by atoms with Crippen molar-refractivity contribution in [1.82, 2.24) is 4.90 Å². The molecule has 0 bridgehead atoms. The first-order valence-electron chi connectivity index (χ1n) is 12.7. The number of fused-ring (bicyclic) bond motifs is 3. The van der Waals surface area contributed by atoms with E-state index in [0.29, 0.717) is 6.54 Å². The maximum Gasteiger partial charge on any atom is 0.326 e. The molecule has 6 rings (SSSR count). The molecule has 2 aliphatic rings. The number of nitrogens with zero attached hydrogens (tertiary/aromatic N) is 2. The number of rotatable bonds is 3. The molecule has 4 nitrogen and oxygen atoms in total. The van der Waals surface area contributed by atoms with Crippen LogP contribution in [0.2, 0.25) is 0 Å². The predicted octanol–water partition coefficient (Wildman–Crippen LogP) is 6.87. The largest absolute Gasteiger partial charge is 0.326 e. The van der Waals surface area contributed by atoms with E-state index < -0.39 is 5.82 Å². The molecule has 4 aromatic carbocycles. The Balaban J connectivity index is 1.20. The van der Waals surface area contributed by atoms with Crippen LogP contribution in [0.25, 0.3) is 10.8 Å². The number of para-hydroxylation sites is 1. The summed E-state index contributed by atoms with van der Waals surface area (Å²) in [5.41, 5.74) is 4.85. The average molecular weight is 480 g/mol. The van der Waals surface area contributed by atoms with E-state index in [1.54, 1.807) is 23.1 Å². The maximum absolute atomic E-state index is 14.2. The quantitative estimate of drug-likeness (QED) is 0.348. The van der Waals surface area contributed by atoms with Gasteiger partial charge in [0.15, 0.2) is 0 Å². The van der Waals surface area contributed by atoms with Crippen LogP contribution in [0.4, 0.5) is 20.6 Å². The van der Waals surface area contributed by atoms with Gasteiger partial charge in [0, 0.05) is 24.2 Å². The zero-order valence-electron chi connectivity index (χ0n) is 20.5. The standard InChI is InChI=1S/C31H30FN3O/c1-22-10-13-29-26(18-22)31(21-35(29)30(36)33-28-9-5-4-8-27(28)32)14-16-34(17-15-31)20-23-11-12-24-6-2-3-7-25(24)19-23/h2-13,18-19H,14-17,20-21H2,1H3,(H,33,36). The van der Waals surface area contributed by atoms with Crippen LogP contribution in [-0.2, 0) is 12.0 Å². The minimum Gasteiger partial charge on any atom is -0.305 e. The first-order valence-corrected chi connectivity index (χ1v) is 12.7. The molecule has 0 saturated carbocycles. The van der Waals surface area contributed by atoms with E-state index in [4.69, 9.17) is 0 Å². The van der Waals surface area contributed by atoms with E-state index in [1.165, 1.54) is 33.5 Å². The lowest BCUT2D eigenvalue weighted by atomic mass is 9.74. The minimum absolute atomic E-state index is 0.0756. The van der Waals surface area contributed by atoms with Gasteiger partial charge in [0.1, 0.15) is 5.82 Å². The summed E-state index contributed by atoms with van der Waals surface area (Å²) in [4.78, 5) is 17.6. The van der Waals surface area contributed by atoms with Crippen molar-refractivity contribution in [3.8, 4) is 0 Å². The molecule has 1 spiro atoms.